The zero-order chi connectivity index (χ0) is 71.5. The molecule has 1 aliphatic carbocycles. The van der Waals surface area contributed by atoms with E-state index in [1.165, 1.54) is 109 Å². The van der Waals surface area contributed by atoms with Crippen LogP contribution in [0.4, 0.5) is 4.79 Å². The first-order valence-corrected chi connectivity index (χ1v) is 37.9. The summed E-state index contributed by atoms with van der Waals surface area (Å²) in [6.07, 6.45) is 27.6. The molecule has 0 saturated carbocycles. The number of rotatable bonds is 51. The average molecular weight is 1380 g/mol. The number of nitrogens with one attached hydrogen (secondary N) is 4. The molecule has 0 aliphatic heterocycles. The molecule has 0 saturated heterocycles. The minimum absolute atomic E-state index is 0.0479. The van der Waals surface area contributed by atoms with Gasteiger partial charge in [0.1, 0.15) is 54.2 Å². The minimum atomic E-state index is -1.49. The molecule has 1 aliphatic rings. The fourth-order valence-electron chi connectivity index (χ4n) is 11.5. The topological polar surface area (TPSA) is 257 Å². The molecule has 0 unspecified atom stereocenters. The third kappa shape index (κ3) is 39.9. The first kappa shape index (κ1) is 85.0. The fourth-order valence-corrected chi connectivity index (χ4v) is 12.5. The largest absolute Gasteiger partial charge is 0.462 e. The van der Waals surface area contributed by atoms with Gasteiger partial charge in [-0.2, -0.15) is 11.8 Å². The second-order valence-electron chi connectivity index (χ2n) is 29.0. The number of thioether (sulfide) groups is 1. The van der Waals surface area contributed by atoms with Gasteiger partial charge in [0, 0.05) is 43.1 Å². The Hall–Kier alpha value is -6.18. The number of benzene rings is 2. The summed E-state index contributed by atoms with van der Waals surface area (Å²) in [5, 5.41) is 10.4. The lowest BCUT2D eigenvalue weighted by Crippen LogP contribution is -2.56. The monoisotopic (exact) mass is 1380 g/mol. The summed E-state index contributed by atoms with van der Waals surface area (Å²) in [7, 11) is 0. The molecule has 0 radical (unpaired) electrons. The molecule has 548 valence electrons. The molecular formula is C77H124N4O15S. The van der Waals surface area contributed by atoms with Gasteiger partial charge < -0.3 is 49.7 Å². The normalized spacial score (nSPS) is 13.4. The molecule has 97 heavy (non-hydrogen) atoms. The maximum Gasteiger partial charge on any atom is 0.407 e. The van der Waals surface area contributed by atoms with Crippen LogP contribution in [-0.4, -0.2) is 126 Å². The summed E-state index contributed by atoms with van der Waals surface area (Å²) in [5.74, 6) is -5.96. The molecule has 2 aromatic rings. The second-order valence-corrected chi connectivity index (χ2v) is 30.1. The standard InChI is InChI=1S/C77H124N4O15S/c1-12-14-16-18-20-22-24-26-28-30-32-34-36-46-67(83)91-53-57(93-68(84)47-37-35-33-31-29-27-25-23-21-19-17-15-13-2)55-97-56-65(81-74(90)92-54-62-60-44-40-38-42-58(60)59-43-39-41-45-61(59)62)72(88)80-63(48-50-69(85)94-75(3,4)5)71(87)78-52-66(82)79-64(73(89)96-77(9,10)11)49-51-70(86)95-76(6,7)8/h38-45,57,62-65H,12-37,46-56H2,1-11H3,(H,78,87)(H,79,82)(H,80,88)(H,81,90)/t57-,63+,64+,65+/m1/s1. The van der Waals surface area contributed by atoms with Crippen molar-refractivity contribution in [1.29, 1.82) is 0 Å². The van der Waals surface area contributed by atoms with Crippen LogP contribution in [0.3, 0.4) is 0 Å². The van der Waals surface area contributed by atoms with Gasteiger partial charge in [-0.1, -0.05) is 216 Å². The highest BCUT2D eigenvalue weighted by Gasteiger charge is 2.34. The summed E-state index contributed by atoms with van der Waals surface area (Å²) < 4.78 is 34.2. The van der Waals surface area contributed by atoms with Crippen LogP contribution >= 0.6 is 11.8 Å². The molecule has 20 heteroatoms. The zero-order valence-corrected chi connectivity index (χ0v) is 62.0. The Morgan fingerprint density at radius 2 is 0.856 bits per heavy atom. The number of fused-ring (bicyclic) bond motifs is 3. The first-order valence-electron chi connectivity index (χ1n) is 36.8. The van der Waals surface area contributed by atoms with Crippen molar-refractivity contribution in [2.75, 3.05) is 31.3 Å². The van der Waals surface area contributed by atoms with Crippen molar-refractivity contribution in [2.24, 2.45) is 0 Å². The Morgan fingerprint density at radius 1 is 0.433 bits per heavy atom. The number of hydrogen-bond donors (Lipinski definition) is 4. The summed E-state index contributed by atoms with van der Waals surface area (Å²) >= 11 is 1.14. The van der Waals surface area contributed by atoms with E-state index in [9.17, 15) is 43.2 Å². The van der Waals surface area contributed by atoms with Gasteiger partial charge in [-0.05, 0) is 110 Å². The van der Waals surface area contributed by atoms with Crippen molar-refractivity contribution in [2.45, 2.75) is 329 Å². The van der Waals surface area contributed by atoms with E-state index in [2.05, 4.69) is 35.1 Å². The SMILES string of the molecule is CCCCCCCCCCCCCCCC(=O)OC[C@H](CSC[C@H](NC(=O)OCC1c2ccccc2-c2ccccc21)C(=O)N[C@@H](CCC(=O)OC(C)(C)C)C(=O)NCC(=O)N[C@@H](CCC(=O)OC(C)(C)C)C(=O)OC(C)(C)C)OC(=O)CCCCCCCCCCCCCCC. The maximum atomic E-state index is 14.8. The number of ether oxygens (including phenoxy) is 6. The highest BCUT2D eigenvalue weighted by molar-refractivity contribution is 7.99. The summed E-state index contributed by atoms with van der Waals surface area (Å²) in [5.41, 5.74) is 1.33. The lowest BCUT2D eigenvalue weighted by atomic mass is 9.98. The van der Waals surface area contributed by atoms with Crippen LogP contribution in [-0.2, 0) is 66.8 Å². The van der Waals surface area contributed by atoms with Crippen LogP contribution in [0.25, 0.3) is 11.1 Å². The quantitative estimate of drug-likeness (QED) is 0.0273. The molecule has 4 amide bonds. The molecule has 0 aromatic heterocycles. The third-order valence-corrected chi connectivity index (χ3v) is 17.6. The number of alkyl carbamates (subject to hydrolysis) is 1. The Kier molecular flexibility index (Phi) is 41.9. The summed E-state index contributed by atoms with van der Waals surface area (Å²) in [6, 6.07) is 11.5. The summed E-state index contributed by atoms with van der Waals surface area (Å²) in [4.78, 5) is 123. The average Bonchev–Trinajstić information content (AvgIpc) is 1.62. The van der Waals surface area contributed by atoms with Gasteiger partial charge in [-0.25, -0.2) is 9.59 Å². The van der Waals surface area contributed by atoms with Crippen LogP contribution in [0.15, 0.2) is 48.5 Å². The molecule has 3 rings (SSSR count). The van der Waals surface area contributed by atoms with Gasteiger partial charge in [-0.3, -0.25) is 33.6 Å². The van der Waals surface area contributed by atoms with E-state index in [4.69, 9.17) is 28.4 Å². The van der Waals surface area contributed by atoms with Gasteiger partial charge in [0.25, 0.3) is 0 Å². The molecule has 19 nitrogen and oxygen atoms in total. The molecule has 4 atom stereocenters. The van der Waals surface area contributed by atoms with E-state index in [1.54, 1.807) is 62.3 Å². The van der Waals surface area contributed by atoms with E-state index in [-0.39, 0.29) is 69.2 Å². The van der Waals surface area contributed by atoms with Crippen LogP contribution in [0.1, 0.15) is 299 Å². The molecule has 0 bridgehead atoms. The van der Waals surface area contributed by atoms with Crippen molar-refractivity contribution in [3.63, 3.8) is 0 Å². The molecular weight excluding hydrogens is 1250 g/mol. The minimum Gasteiger partial charge on any atom is -0.462 e. The van der Waals surface area contributed by atoms with Gasteiger partial charge in [0.15, 0.2) is 0 Å². The molecule has 2 aromatic carbocycles. The lowest BCUT2D eigenvalue weighted by Gasteiger charge is -2.26. The van der Waals surface area contributed by atoms with Crippen LogP contribution in [0.2, 0.25) is 0 Å². The molecule has 0 heterocycles. The van der Waals surface area contributed by atoms with Crippen LogP contribution < -0.4 is 21.3 Å². The number of unbranched alkanes of at least 4 members (excludes halogenated alkanes) is 24. The van der Waals surface area contributed by atoms with Gasteiger partial charge in [-0.15, -0.1) is 0 Å². The Morgan fingerprint density at radius 3 is 1.31 bits per heavy atom. The first-order chi connectivity index (χ1) is 46.2. The third-order valence-electron chi connectivity index (χ3n) is 16.4. The second kappa shape index (κ2) is 47.7. The molecule has 4 N–H and O–H groups in total. The number of carbonyl (C=O) groups excluding carboxylic acids is 9. The molecule has 0 fully saturated rings. The van der Waals surface area contributed by atoms with Crippen LogP contribution in [0, 0.1) is 0 Å². The Bertz CT molecular complexity index is 2620. The highest BCUT2D eigenvalue weighted by Crippen LogP contribution is 2.44. The van der Waals surface area contributed by atoms with Crippen molar-refractivity contribution >= 4 is 65.4 Å². The lowest BCUT2D eigenvalue weighted by molar-refractivity contribution is -0.160. The maximum absolute atomic E-state index is 14.8. The van der Waals surface area contributed by atoms with E-state index < -0.39 is 101 Å². The van der Waals surface area contributed by atoms with Crippen LogP contribution in [0.5, 0.6) is 0 Å². The van der Waals surface area contributed by atoms with E-state index in [1.807, 2.05) is 48.5 Å². The van der Waals surface area contributed by atoms with Crippen molar-refractivity contribution < 1.29 is 71.6 Å². The fraction of sp³-hybridized carbons (Fsp3) is 0.727. The Balaban J connectivity index is 1.83. The Labute approximate surface area is 586 Å². The van der Waals surface area contributed by atoms with Gasteiger partial charge >= 0.3 is 35.9 Å². The van der Waals surface area contributed by atoms with E-state index in [0.717, 1.165) is 79.0 Å². The van der Waals surface area contributed by atoms with Gasteiger partial charge in [0.2, 0.25) is 17.7 Å². The predicted octanol–water partition coefficient (Wildman–Crippen LogP) is 15.7. The summed E-state index contributed by atoms with van der Waals surface area (Å²) in [6.45, 7) is 18.5. The number of esters is 5. The highest BCUT2D eigenvalue weighted by atomic mass is 32.2. The smallest absolute Gasteiger partial charge is 0.407 e. The van der Waals surface area contributed by atoms with Gasteiger partial charge in [0.05, 0.1) is 6.54 Å². The zero-order valence-electron chi connectivity index (χ0n) is 61.2. The number of carbonyl (C=O) groups is 9. The van der Waals surface area contributed by atoms with Crippen molar-refractivity contribution in [1.82, 2.24) is 21.3 Å². The molecule has 0 spiro atoms. The van der Waals surface area contributed by atoms with E-state index >= 15 is 0 Å². The van der Waals surface area contributed by atoms with Crippen molar-refractivity contribution in [3.8, 4) is 11.1 Å². The van der Waals surface area contributed by atoms with Crippen molar-refractivity contribution in [3.05, 3.63) is 59.7 Å². The number of hydrogen-bond acceptors (Lipinski definition) is 16. The predicted molar refractivity (Wildman–Crippen MR) is 384 cm³/mol. The van der Waals surface area contributed by atoms with E-state index in [0.29, 0.717) is 12.8 Å². The number of amides is 4.